The number of hydrogen-bond acceptors (Lipinski definition) is 1. The third kappa shape index (κ3) is 2.37. The molecule has 0 aromatic rings. The second-order valence-electron chi connectivity index (χ2n) is 4.26. The van der Waals surface area contributed by atoms with Crippen molar-refractivity contribution in [2.45, 2.75) is 33.2 Å². The second kappa shape index (κ2) is 4.48. The molecule has 0 saturated carbocycles. The van der Waals surface area contributed by atoms with E-state index < -0.39 is 0 Å². The Morgan fingerprint density at radius 2 is 2.17 bits per heavy atom. The molecule has 1 rings (SSSR count). The maximum absolute atomic E-state index is 5.79. The van der Waals surface area contributed by atoms with Gasteiger partial charge in [0.1, 0.15) is 0 Å². The molecule has 1 nitrogen and oxygen atoms in total. The lowest BCUT2D eigenvalue weighted by atomic mass is 10.0. The number of rotatable bonds is 3. The van der Waals surface area contributed by atoms with Crippen LogP contribution in [0.1, 0.15) is 27.2 Å². The summed E-state index contributed by atoms with van der Waals surface area (Å²) in [6.45, 7) is 9.34. The molecule has 1 fully saturated rings. The lowest BCUT2D eigenvalue weighted by Gasteiger charge is -2.25. The highest BCUT2D eigenvalue weighted by molar-refractivity contribution is 6.18. The predicted molar refractivity (Wildman–Crippen MR) is 54.7 cm³/mol. The van der Waals surface area contributed by atoms with Crippen LogP contribution in [-0.2, 0) is 0 Å². The highest BCUT2D eigenvalue weighted by Gasteiger charge is 2.27. The molecule has 0 aliphatic carbocycles. The minimum absolute atomic E-state index is 0.638. The standard InChI is InChI=1S/C10H20ClN/c1-8(6-11)7-12-5-4-9(2)10(12)3/h8-10H,4-7H2,1-3H3. The molecule has 1 saturated heterocycles. The molecule has 0 aromatic carbocycles. The van der Waals surface area contributed by atoms with Crippen LogP contribution in [-0.4, -0.2) is 29.9 Å². The summed E-state index contributed by atoms with van der Waals surface area (Å²) in [5, 5.41) is 0. The summed E-state index contributed by atoms with van der Waals surface area (Å²) in [5.41, 5.74) is 0. The minimum Gasteiger partial charge on any atom is -0.300 e. The van der Waals surface area contributed by atoms with Crippen molar-refractivity contribution in [3.63, 3.8) is 0 Å². The van der Waals surface area contributed by atoms with Crippen molar-refractivity contribution in [1.82, 2.24) is 4.90 Å². The monoisotopic (exact) mass is 189 g/mol. The van der Waals surface area contributed by atoms with Crippen LogP contribution >= 0.6 is 11.6 Å². The van der Waals surface area contributed by atoms with Crippen molar-refractivity contribution in [1.29, 1.82) is 0 Å². The van der Waals surface area contributed by atoms with Crippen LogP contribution in [0.5, 0.6) is 0 Å². The summed E-state index contributed by atoms with van der Waals surface area (Å²) in [6.07, 6.45) is 1.36. The number of nitrogens with zero attached hydrogens (tertiary/aromatic N) is 1. The molecule has 0 radical (unpaired) electrons. The zero-order valence-corrected chi connectivity index (χ0v) is 9.14. The Balaban J connectivity index is 2.33. The van der Waals surface area contributed by atoms with Gasteiger partial charge in [-0.15, -0.1) is 11.6 Å². The first-order valence-corrected chi connectivity index (χ1v) is 5.48. The van der Waals surface area contributed by atoms with Crippen LogP contribution in [0.15, 0.2) is 0 Å². The first kappa shape index (κ1) is 10.3. The number of alkyl halides is 1. The van der Waals surface area contributed by atoms with Crippen LogP contribution < -0.4 is 0 Å². The number of halogens is 1. The van der Waals surface area contributed by atoms with Crippen molar-refractivity contribution >= 4 is 11.6 Å². The van der Waals surface area contributed by atoms with Gasteiger partial charge in [0.25, 0.3) is 0 Å². The minimum atomic E-state index is 0.638. The summed E-state index contributed by atoms with van der Waals surface area (Å²) in [5.74, 6) is 2.30. The van der Waals surface area contributed by atoms with E-state index in [1.807, 2.05) is 0 Å². The van der Waals surface area contributed by atoms with Gasteiger partial charge in [0.05, 0.1) is 0 Å². The van der Waals surface area contributed by atoms with Crippen molar-refractivity contribution in [3.8, 4) is 0 Å². The largest absolute Gasteiger partial charge is 0.300 e. The summed E-state index contributed by atoms with van der Waals surface area (Å²) < 4.78 is 0. The molecule has 1 aliphatic heterocycles. The molecule has 3 unspecified atom stereocenters. The molecular formula is C10H20ClN. The summed E-state index contributed by atoms with van der Waals surface area (Å²) >= 11 is 5.79. The lowest BCUT2D eigenvalue weighted by molar-refractivity contribution is 0.223. The predicted octanol–water partition coefficient (Wildman–Crippen LogP) is 2.59. The van der Waals surface area contributed by atoms with Crippen LogP contribution in [0.4, 0.5) is 0 Å². The van der Waals surface area contributed by atoms with E-state index in [9.17, 15) is 0 Å². The van der Waals surface area contributed by atoms with E-state index in [1.165, 1.54) is 19.5 Å². The fraction of sp³-hybridized carbons (Fsp3) is 1.00. The van der Waals surface area contributed by atoms with Crippen LogP contribution in [0.3, 0.4) is 0 Å². The summed E-state index contributed by atoms with van der Waals surface area (Å²) in [6, 6.07) is 0.760. The highest BCUT2D eigenvalue weighted by atomic mass is 35.5. The Labute approximate surface area is 81.1 Å². The van der Waals surface area contributed by atoms with Crippen LogP contribution in [0, 0.1) is 11.8 Å². The van der Waals surface area contributed by atoms with Gasteiger partial charge in [0.2, 0.25) is 0 Å². The maximum Gasteiger partial charge on any atom is 0.0261 e. The Kier molecular flexibility index (Phi) is 3.85. The van der Waals surface area contributed by atoms with Crippen LogP contribution in [0.2, 0.25) is 0 Å². The average Bonchev–Trinajstić information content (AvgIpc) is 2.36. The fourth-order valence-electron chi connectivity index (χ4n) is 1.88. The molecule has 0 bridgehead atoms. The first-order chi connectivity index (χ1) is 5.65. The second-order valence-corrected chi connectivity index (χ2v) is 4.57. The maximum atomic E-state index is 5.79. The SMILES string of the molecule is CC(CCl)CN1CCC(C)C1C. The van der Waals surface area contributed by atoms with E-state index in [0.717, 1.165) is 17.8 Å². The van der Waals surface area contributed by atoms with Gasteiger partial charge in [-0.2, -0.15) is 0 Å². The molecule has 0 spiro atoms. The molecule has 1 heterocycles. The molecule has 0 aromatic heterocycles. The molecule has 1 aliphatic rings. The van der Waals surface area contributed by atoms with Gasteiger partial charge in [-0.3, -0.25) is 0 Å². The van der Waals surface area contributed by atoms with Crippen molar-refractivity contribution in [2.24, 2.45) is 11.8 Å². The van der Waals surface area contributed by atoms with Gasteiger partial charge >= 0.3 is 0 Å². The zero-order chi connectivity index (χ0) is 9.14. The third-order valence-electron chi connectivity index (χ3n) is 3.08. The Hall–Kier alpha value is 0.250. The Bertz CT molecular complexity index is 138. The summed E-state index contributed by atoms with van der Waals surface area (Å²) in [4.78, 5) is 2.57. The van der Waals surface area contributed by atoms with E-state index in [2.05, 4.69) is 25.7 Å². The average molecular weight is 190 g/mol. The molecule has 3 atom stereocenters. The van der Waals surface area contributed by atoms with E-state index >= 15 is 0 Å². The van der Waals surface area contributed by atoms with Gasteiger partial charge in [-0.05, 0) is 31.7 Å². The van der Waals surface area contributed by atoms with Gasteiger partial charge in [0, 0.05) is 18.5 Å². The first-order valence-electron chi connectivity index (χ1n) is 4.95. The fourth-order valence-corrected chi connectivity index (χ4v) is 1.98. The molecule has 0 N–H and O–H groups in total. The molecular weight excluding hydrogens is 170 g/mol. The molecule has 0 amide bonds. The molecule has 12 heavy (non-hydrogen) atoms. The van der Waals surface area contributed by atoms with Gasteiger partial charge in [-0.25, -0.2) is 0 Å². The van der Waals surface area contributed by atoms with E-state index in [1.54, 1.807) is 0 Å². The quantitative estimate of drug-likeness (QED) is 0.617. The normalized spacial score (nSPS) is 34.0. The summed E-state index contributed by atoms with van der Waals surface area (Å²) in [7, 11) is 0. The topological polar surface area (TPSA) is 3.24 Å². The Morgan fingerprint density at radius 1 is 1.50 bits per heavy atom. The smallest absolute Gasteiger partial charge is 0.0261 e. The highest BCUT2D eigenvalue weighted by Crippen LogP contribution is 2.24. The Morgan fingerprint density at radius 3 is 2.58 bits per heavy atom. The number of hydrogen-bond donors (Lipinski definition) is 0. The molecule has 72 valence electrons. The van der Waals surface area contributed by atoms with Crippen LogP contribution in [0.25, 0.3) is 0 Å². The lowest BCUT2D eigenvalue weighted by Crippen LogP contribution is -2.33. The van der Waals surface area contributed by atoms with E-state index in [0.29, 0.717) is 5.92 Å². The van der Waals surface area contributed by atoms with Crippen molar-refractivity contribution in [3.05, 3.63) is 0 Å². The molecule has 2 heteroatoms. The zero-order valence-electron chi connectivity index (χ0n) is 8.39. The van der Waals surface area contributed by atoms with Gasteiger partial charge in [-0.1, -0.05) is 13.8 Å². The third-order valence-corrected chi connectivity index (χ3v) is 3.61. The van der Waals surface area contributed by atoms with Crippen molar-refractivity contribution < 1.29 is 0 Å². The number of likely N-dealkylation sites (tertiary alicyclic amines) is 1. The van der Waals surface area contributed by atoms with Gasteiger partial charge < -0.3 is 4.90 Å². The van der Waals surface area contributed by atoms with Gasteiger partial charge in [0.15, 0.2) is 0 Å². The van der Waals surface area contributed by atoms with E-state index in [4.69, 9.17) is 11.6 Å². The van der Waals surface area contributed by atoms with E-state index in [-0.39, 0.29) is 0 Å². The van der Waals surface area contributed by atoms with Crippen molar-refractivity contribution in [2.75, 3.05) is 19.0 Å².